The van der Waals surface area contributed by atoms with Gasteiger partial charge in [-0.3, -0.25) is 0 Å². The molecule has 1 aliphatic carbocycles. The van der Waals surface area contributed by atoms with Gasteiger partial charge in [0.2, 0.25) is 0 Å². The molecular formula is C15H16FNO. The van der Waals surface area contributed by atoms with Gasteiger partial charge >= 0.3 is 0 Å². The van der Waals surface area contributed by atoms with Gasteiger partial charge in [-0.2, -0.15) is 0 Å². The first-order valence-electron chi connectivity index (χ1n) is 6.32. The van der Waals surface area contributed by atoms with Crippen molar-refractivity contribution in [3.63, 3.8) is 0 Å². The Hall–Kier alpha value is -1.61. The van der Waals surface area contributed by atoms with E-state index in [1.165, 1.54) is 11.6 Å². The predicted molar refractivity (Wildman–Crippen MR) is 67.7 cm³/mol. The molecule has 0 bridgehead atoms. The summed E-state index contributed by atoms with van der Waals surface area (Å²) in [4.78, 5) is 0. The maximum absolute atomic E-state index is 13.1. The molecule has 0 amide bonds. The predicted octanol–water partition coefficient (Wildman–Crippen LogP) is 3.76. The second kappa shape index (κ2) is 4.58. The van der Waals surface area contributed by atoms with Crippen molar-refractivity contribution in [2.45, 2.75) is 31.8 Å². The van der Waals surface area contributed by atoms with Gasteiger partial charge in [0.1, 0.15) is 11.6 Å². The third-order valence-electron chi connectivity index (χ3n) is 3.60. The van der Waals surface area contributed by atoms with Crippen LogP contribution < -0.4 is 5.32 Å². The highest BCUT2D eigenvalue weighted by atomic mass is 19.1. The molecule has 18 heavy (non-hydrogen) atoms. The average molecular weight is 245 g/mol. The summed E-state index contributed by atoms with van der Waals surface area (Å²) >= 11 is 0. The highest BCUT2D eigenvalue weighted by Crippen LogP contribution is 2.33. The van der Waals surface area contributed by atoms with Gasteiger partial charge in [-0.1, -0.05) is 6.07 Å². The average Bonchev–Trinajstić information content (AvgIpc) is 2.98. The molecule has 1 heterocycles. The number of hydrogen-bond acceptors (Lipinski definition) is 2. The van der Waals surface area contributed by atoms with Gasteiger partial charge in [0.05, 0.1) is 12.3 Å². The number of nitrogens with one attached hydrogen (secondary N) is 1. The van der Waals surface area contributed by atoms with Crippen LogP contribution in [0.1, 0.15) is 42.3 Å². The van der Waals surface area contributed by atoms with E-state index in [2.05, 4.69) is 12.2 Å². The van der Waals surface area contributed by atoms with Gasteiger partial charge in [0, 0.05) is 6.04 Å². The normalized spacial score (nSPS) is 19.8. The van der Waals surface area contributed by atoms with Crippen molar-refractivity contribution in [1.29, 1.82) is 0 Å². The van der Waals surface area contributed by atoms with Crippen LogP contribution in [0.3, 0.4) is 0 Å². The Morgan fingerprint density at radius 3 is 3.06 bits per heavy atom. The molecule has 2 aromatic rings. The smallest absolute Gasteiger partial charge is 0.123 e. The number of fused-ring (bicyclic) bond motifs is 1. The summed E-state index contributed by atoms with van der Waals surface area (Å²) in [5.74, 6) is 0.791. The Labute approximate surface area is 106 Å². The quantitative estimate of drug-likeness (QED) is 0.890. The Kier molecular flexibility index (Phi) is 2.92. The highest BCUT2D eigenvalue weighted by molar-refractivity contribution is 5.35. The Morgan fingerprint density at radius 1 is 1.39 bits per heavy atom. The van der Waals surface area contributed by atoms with E-state index < -0.39 is 0 Å². The van der Waals surface area contributed by atoms with E-state index >= 15 is 0 Å². The third kappa shape index (κ3) is 2.06. The highest BCUT2D eigenvalue weighted by Gasteiger charge is 2.24. The molecule has 2 nitrogen and oxygen atoms in total. The second-order valence-electron chi connectivity index (χ2n) is 4.84. The molecule has 1 aromatic heterocycles. The maximum atomic E-state index is 13.1. The third-order valence-corrected chi connectivity index (χ3v) is 3.60. The van der Waals surface area contributed by atoms with Crippen LogP contribution in [0.2, 0.25) is 0 Å². The summed E-state index contributed by atoms with van der Waals surface area (Å²) in [6.07, 6.45) is 3.64. The van der Waals surface area contributed by atoms with Crippen LogP contribution in [0.5, 0.6) is 0 Å². The molecule has 0 aliphatic heterocycles. The molecule has 1 aliphatic rings. The molecule has 3 heteroatoms. The zero-order valence-corrected chi connectivity index (χ0v) is 10.3. The van der Waals surface area contributed by atoms with Crippen molar-refractivity contribution >= 4 is 0 Å². The molecule has 0 spiro atoms. The van der Waals surface area contributed by atoms with Crippen molar-refractivity contribution in [3.8, 4) is 0 Å². The zero-order chi connectivity index (χ0) is 12.5. The van der Waals surface area contributed by atoms with Crippen molar-refractivity contribution in [2.75, 3.05) is 0 Å². The van der Waals surface area contributed by atoms with Crippen LogP contribution in [0.4, 0.5) is 4.39 Å². The fourth-order valence-corrected chi connectivity index (χ4v) is 2.68. The molecule has 0 saturated carbocycles. The van der Waals surface area contributed by atoms with Crippen LogP contribution in [-0.4, -0.2) is 0 Å². The van der Waals surface area contributed by atoms with E-state index in [9.17, 15) is 4.39 Å². The summed E-state index contributed by atoms with van der Waals surface area (Å²) in [6.45, 7) is 2.08. The van der Waals surface area contributed by atoms with Gasteiger partial charge in [-0.15, -0.1) is 0 Å². The molecule has 3 rings (SSSR count). The number of hydrogen-bond donors (Lipinski definition) is 1. The van der Waals surface area contributed by atoms with Gasteiger partial charge in [0.25, 0.3) is 0 Å². The van der Waals surface area contributed by atoms with Crippen LogP contribution in [0.25, 0.3) is 0 Å². The number of aryl methyl sites for hydroxylation is 1. The lowest BCUT2D eigenvalue weighted by Crippen LogP contribution is -2.22. The number of furan rings is 1. The molecule has 0 fully saturated rings. The monoisotopic (exact) mass is 245 g/mol. The molecular weight excluding hydrogens is 229 g/mol. The summed E-state index contributed by atoms with van der Waals surface area (Å²) < 4.78 is 18.5. The number of rotatable bonds is 3. The van der Waals surface area contributed by atoms with Gasteiger partial charge in [-0.05, 0) is 55.2 Å². The fraction of sp³-hybridized carbons (Fsp3) is 0.333. The van der Waals surface area contributed by atoms with Gasteiger partial charge in [-0.25, -0.2) is 4.39 Å². The molecule has 1 aromatic carbocycles. The van der Waals surface area contributed by atoms with E-state index in [0.717, 1.165) is 24.2 Å². The summed E-state index contributed by atoms with van der Waals surface area (Å²) in [5.41, 5.74) is 2.34. The number of halogens is 1. The molecule has 1 unspecified atom stereocenters. The van der Waals surface area contributed by atoms with Gasteiger partial charge in [0.15, 0.2) is 0 Å². The van der Waals surface area contributed by atoms with E-state index in [1.54, 1.807) is 12.3 Å². The lowest BCUT2D eigenvalue weighted by atomic mass is 10.1. The first kappa shape index (κ1) is 11.5. The largest absolute Gasteiger partial charge is 0.468 e. The van der Waals surface area contributed by atoms with E-state index in [-0.39, 0.29) is 11.9 Å². The van der Waals surface area contributed by atoms with Crippen LogP contribution in [0, 0.1) is 5.82 Å². The molecule has 0 radical (unpaired) electrons. The SMILES string of the molecule is C[C@@H](NC1CCc2cc(F)ccc21)c1ccco1. The van der Waals surface area contributed by atoms with Gasteiger partial charge < -0.3 is 9.73 Å². The van der Waals surface area contributed by atoms with Crippen molar-refractivity contribution in [2.24, 2.45) is 0 Å². The van der Waals surface area contributed by atoms with E-state index in [1.807, 2.05) is 18.2 Å². The fourth-order valence-electron chi connectivity index (χ4n) is 2.68. The van der Waals surface area contributed by atoms with E-state index in [0.29, 0.717) is 6.04 Å². The lowest BCUT2D eigenvalue weighted by molar-refractivity contribution is 0.391. The topological polar surface area (TPSA) is 25.2 Å². The standard InChI is InChI=1S/C15H16FNO/c1-10(15-3-2-8-18-15)17-14-7-4-11-9-12(16)5-6-13(11)14/h2-3,5-6,8-10,14,17H,4,7H2,1H3/t10-,14?/m1/s1. The van der Waals surface area contributed by atoms with Crippen LogP contribution >= 0.6 is 0 Å². The Balaban J connectivity index is 1.77. The minimum Gasteiger partial charge on any atom is -0.468 e. The molecule has 0 saturated heterocycles. The molecule has 2 atom stereocenters. The summed E-state index contributed by atoms with van der Waals surface area (Å²) in [6, 6.07) is 9.40. The summed E-state index contributed by atoms with van der Waals surface area (Å²) in [7, 11) is 0. The zero-order valence-electron chi connectivity index (χ0n) is 10.3. The molecule has 1 N–H and O–H groups in total. The lowest BCUT2D eigenvalue weighted by Gasteiger charge is -2.18. The maximum Gasteiger partial charge on any atom is 0.123 e. The first-order chi connectivity index (χ1) is 8.74. The first-order valence-corrected chi connectivity index (χ1v) is 6.32. The van der Waals surface area contributed by atoms with Crippen LogP contribution in [0.15, 0.2) is 41.0 Å². The van der Waals surface area contributed by atoms with Crippen molar-refractivity contribution < 1.29 is 8.81 Å². The van der Waals surface area contributed by atoms with Crippen LogP contribution in [-0.2, 0) is 6.42 Å². The minimum atomic E-state index is -0.145. The van der Waals surface area contributed by atoms with Crippen molar-refractivity contribution in [1.82, 2.24) is 5.32 Å². The number of benzene rings is 1. The van der Waals surface area contributed by atoms with E-state index in [4.69, 9.17) is 4.42 Å². The minimum absolute atomic E-state index is 0.145. The Bertz CT molecular complexity index is 535. The second-order valence-corrected chi connectivity index (χ2v) is 4.84. The molecule has 94 valence electrons. The summed E-state index contributed by atoms with van der Waals surface area (Å²) in [5, 5.41) is 3.54. The van der Waals surface area contributed by atoms with Crippen molar-refractivity contribution in [3.05, 3.63) is 59.3 Å². The Morgan fingerprint density at radius 2 is 2.28 bits per heavy atom.